The van der Waals surface area contributed by atoms with Crippen molar-refractivity contribution in [2.24, 2.45) is 33.5 Å². The number of fused-ring (bicyclic) bond motifs is 4. The lowest BCUT2D eigenvalue weighted by atomic mass is 9.70. The van der Waals surface area contributed by atoms with E-state index in [1.807, 2.05) is 0 Å². The molecule has 0 heterocycles. The summed E-state index contributed by atoms with van der Waals surface area (Å²) in [4.78, 5) is 25.2. The average Bonchev–Trinajstić information content (AvgIpc) is 3.25. The van der Waals surface area contributed by atoms with Crippen LogP contribution in [0.15, 0.2) is 24.3 Å². The van der Waals surface area contributed by atoms with Crippen LogP contribution in [0.5, 0.6) is 0 Å². The van der Waals surface area contributed by atoms with Gasteiger partial charge in [-0.1, -0.05) is 54.7 Å². The second-order valence-corrected chi connectivity index (χ2v) is 12.7. The van der Waals surface area contributed by atoms with E-state index in [1.54, 1.807) is 0 Å². The van der Waals surface area contributed by atoms with Gasteiger partial charge >= 0.3 is 11.9 Å². The third kappa shape index (κ3) is 3.61. The third-order valence-corrected chi connectivity index (χ3v) is 11.1. The van der Waals surface area contributed by atoms with Gasteiger partial charge in [0.1, 0.15) is 12.2 Å². The summed E-state index contributed by atoms with van der Waals surface area (Å²) in [5.74, 6) is 0.383. The van der Waals surface area contributed by atoms with Gasteiger partial charge in [-0.15, -0.1) is 0 Å². The van der Waals surface area contributed by atoms with Crippen molar-refractivity contribution in [2.75, 3.05) is 13.2 Å². The molecule has 0 aromatic carbocycles. The Hall–Kier alpha value is -1.62. The summed E-state index contributed by atoms with van der Waals surface area (Å²) < 4.78 is 17.3. The molecule has 0 N–H and O–H groups in total. The van der Waals surface area contributed by atoms with Crippen LogP contribution in [0.3, 0.4) is 0 Å². The molecule has 0 radical (unpaired) electrons. The van der Waals surface area contributed by atoms with Crippen LogP contribution in [-0.2, 0) is 23.8 Å². The van der Waals surface area contributed by atoms with Gasteiger partial charge in [0.05, 0.1) is 24.4 Å². The fourth-order valence-corrected chi connectivity index (χ4v) is 7.46. The summed E-state index contributed by atoms with van der Waals surface area (Å²) in [6.07, 6.45) is 6.28. The van der Waals surface area contributed by atoms with Crippen molar-refractivity contribution in [3.8, 4) is 0 Å². The van der Waals surface area contributed by atoms with Crippen molar-refractivity contribution >= 4 is 11.9 Å². The quantitative estimate of drug-likeness (QED) is 0.348. The molecule has 4 rings (SSSR count). The van der Waals surface area contributed by atoms with Crippen LogP contribution in [0.2, 0.25) is 0 Å². The van der Waals surface area contributed by atoms with Crippen molar-refractivity contribution in [2.45, 2.75) is 92.3 Å². The molecule has 2 unspecified atom stereocenters. The number of carbonyl (C=O) groups is 2. The van der Waals surface area contributed by atoms with E-state index in [1.165, 1.54) is 12.8 Å². The smallest absolute Gasteiger partial charge is 0.336 e. The van der Waals surface area contributed by atoms with Crippen LogP contribution in [0.1, 0.15) is 80.1 Å². The monoisotopic (exact) mass is 458 g/mol. The number of rotatable bonds is 8. The van der Waals surface area contributed by atoms with Crippen LogP contribution in [0.4, 0.5) is 0 Å². The second-order valence-electron chi connectivity index (χ2n) is 12.7. The summed E-state index contributed by atoms with van der Waals surface area (Å²) in [6.45, 7) is 21.4. The Morgan fingerprint density at radius 1 is 0.727 bits per heavy atom. The maximum absolute atomic E-state index is 12.6. The predicted octanol–water partition coefficient (Wildman–Crippen LogP) is 5.63. The van der Waals surface area contributed by atoms with E-state index in [-0.39, 0.29) is 58.2 Å². The number of hydrogen-bond acceptors (Lipinski definition) is 5. The molecule has 4 saturated carbocycles. The molecule has 0 aliphatic heterocycles. The SMILES string of the molecule is C=C(COCC(=C)C(=O)OC1C[C@@H]2CC[C@@]1(C)C2(C)C)C(=O)OC1C[C@@H]2CC[C@@]1(C)C2(C)C. The highest BCUT2D eigenvalue weighted by Crippen LogP contribution is 2.67. The first kappa shape index (κ1) is 24.5. The number of esters is 2. The minimum Gasteiger partial charge on any atom is -0.458 e. The number of hydrogen-bond donors (Lipinski definition) is 0. The minimum atomic E-state index is -0.407. The molecule has 33 heavy (non-hydrogen) atoms. The first-order valence-corrected chi connectivity index (χ1v) is 12.6. The maximum atomic E-state index is 12.6. The van der Waals surface area contributed by atoms with E-state index >= 15 is 0 Å². The molecule has 6 atom stereocenters. The lowest BCUT2D eigenvalue weighted by Crippen LogP contribution is -2.39. The van der Waals surface area contributed by atoms with Crippen LogP contribution in [0.25, 0.3) is 0 Å². The highest BCUT2D eigenvalue weighted by atomic mass is 16.6. The number of carbonyl (C=O) groups excluding carboxylic acids is 2. The first-order chi connectivity index (χ1) is 15.2. The topological polar surface area (TPSA) is 61.8 Å². The zero-order chi connectivity index (χ0) is 24.4. The van der Waals surface area contributed by atoms with E-state index in [9.17, 15) is 9.59 Å². The molecule has 5 heteroatoms. The molecule has 0 spiro atoms. The molecule has 0 saturated heterocycles. The summed E-state index contributed by atoms with van der Waals surface area (Å²) in [5.41, 5.74) is 0.915. The molecule has 0 aromatic rings. The third-order valence-electron chi connectivity index (χ3n) is 11.1. The fraction of sp³-hybridized carbons (Fsp3) is 0.786. The highest BCUT2D eigenvalue weighted by molar-refractivity contribution is 5.89. The highest BCUT2D eigenvalue weighted by Gasteiger charge is 2.64. The molecule has 4 aliphatic rings. The summed E-state index contributed by atoms with van der Waals surface area (Å²) in [7, 11) is 0. The molecular weight excluding hydrogens is 416 g/mol. The Morgan fingerprint density at radius 2 is 1.09 bits per heavy atom. The van der Waals surface area contributed by atoms with Gasteiger partial charge in [-0.3, -0.25) is 0 Å². The molecule has 0 amide bonds. The van der Waals surface area contributed by atoms with Crippen LogP contribution >= 0.6 is 0 Å². The van der Waals surface area contributed by atoms with Gasteiger partial charge in [-0.2, -0.15) is 0 Å². The largest absolute Gasteiger partial charge is 0.458 e. The van der Waals surface area contributed by atoms with E-state index in [0.29, 0.717) is 11.8 Å². The summed E-state index contributed by atoms with van der Waals surface area (Å²) in [5, 5.41) is 0. The Balaban J connectivity index is 1.21. The molecule has 4 fully saturated rings. The van der Waals surface area contributed by atoms with Crippen molar-refractivity contribution in [3.63, 3.8) is 0 Å². The normalized spacial score (nSPS) is 39.5. The van der Waals surface area contributed by atoms with E-state index in [2.05, 4.69) is 54.7 Å². The maximum Gasteiger partial charge on any atom is 0.336 e. The molecular formula is C28H42O5. The Labute approximate surface area is 199 Å². The van der Waals surface area contributed by atoms with Gasteiger partial charge in [0.25, 0.3) is 0 Å². The van der Waals surface area contributed by atoms with E-state index < -0.39 is 11.9 Å². The molecule has 4 bridgehead atoms. The van der Waals surface area contributed by atoms with Gasteiger partial charge in [0, 0.05) is 10.8 Å². The van der Waals surface area contributed by atoms with Crippen LogP contribution < -0.4 is 0 Å². The average molecular weight is 459 g/mol. The Morgan fingerprint density at radius 3 is 1.36 bits per heavy atom. The lowest BCUT2D eigenvalue weighted by molar-refractivity contribution is -0.152. The van der Waals surface area contributed by atoms with Gasteiger partial charge < -0.3 is 14.2 Å². The van der Waals surface area contributed by atoms with Gasteiger partial charge in [0.15, 0.2) is 0 Å². The van der Waals surface area contributed by atoms with E-state index in [4.69, 9.17) is 14.2 Å². The molecule has 184 valence electrons. The zero-order valence-corrected chi connectivity index (χ0v) is 21.4. The first-order valence-electron chi connectivity index (χ1n) is 12.6. The van der Waals surface area contributed by atoms with Gasteiger partial charge in [-0.25, -0.2) is 9.59 Å². The minimum absolute atomic E-state index is 0.0113. The Kier molecular flexibility index (Phi) is 5.91. The predicted molar refractivity (Wildman–Crippen MR) is 127 cm³/mol. The zero-order valence-electron chi connectivity index (χ0n) is 21.4. The standard InChI is InChI=1S/C28H42O5/c1-17(23(29)32-21-13-19-9-11-27(21,7)25(19,3)4)15-31-16-18(2)24(30)33-22-14-20-10-12-28(22,8)26(20,5)6/h19-22H,1-2,9-16H2,3-8H3/t19-,20-,21?,22?,27+,28+/m0/s1. The van der Waals surface area contributed by atoms with Crippen molar-refractivity contribution in [1.29, 1.82) is 0 Å². The van der Waals surface area contributed by atoms with Crippen molar-refractivity contribution < 1.29 is 23.8 Å². The van der Waals surface area contributed by atoms with E-state index in [0.717, 1.165) is 25.7 Å². The second kappa shape index (κ2) is 7.96. The molecule has 0 aromatic heterocycles. The summed E-state index contributed by atoms with van der Waals surface area (Å²) in [6, 6.07) is 0. The lowest BCUT2D eigenvalue weighted by Gasteiger charge is -2.38. The van der Waals surface area contributed by atoms with Crippen molar-refractivity contribution in [3.05, 3.63) is 24.3 Å². The Bertz CT molecular complexity index is 800. The molecule has 4 aliphatic carbocycles. The number of ether oxygens (including phenoxy) is 3. The summed E-state index contributed by atoms with van der Waals surface area (Å²) >= 11 is 0. The van der Waals surface area contributed by atoms with Crippen molar-refractivity contribution in [1.82, 2.24) is 0 Å². The van der Waals surface area contributed by atoms with Gasteiger partial charge in [-0.05, 0) is 61.2 Å². The molecule has 5 nitrogen and oxygen atoms in total. The van der Waals surface area contributed by atoms with Gasteiger partial charge in [0.2, 0.25) is 0 Å². The van der Waals surface area contributed by atoms with Crippen LogP contribution in [0, 0.1) is 33.5 Å². The van der Waals surface area contributed by atoms with Crippen LogP contribution in [-0.4, -0.2) is 37.4 Å². The fourth-order valence-electron chi connectivity index (χ4n) is 7.46.